The molecule has 7 N–H and O–H groups in total. The molecule has 1 heterocycles. The molecule has 0 spiro atoms. The Morgan fingerprint density at radius 3 is 2.31 bits per heavy atom. The maximum absolute atomic E-state index is 13.6. The number of carboxylic acid groups (broad SMARTS) is 1. The second kappa shape index (κ2) is 14.3. The van der Waals surface area contributed by atoms with E-state index in [4.69, 9.17) is 11.5 Å². The van der Waals surface area contributed by atoms with Crippen molar-refractivity contribution in [1.82, 2.24) is 9.62 Å². The highest BCUT2D eigenvalue weighted by Crippen LogP contribution is 2.31. The van der Waals surface area contributed by atoms with Gasteiger partial charge in [-0.3, -0.25) is 14.6 Å². The normalized spacial score (nSPS) is 16.0. The number of amides is 2. The minimum Gasteiger partial charge on any atom is -0.480 e. The van der Waals surface area contributed by atoms with Gasteiger partial charge in [-0.15, -0.1) is 0 Å². The summed E-state index contributed by atoms with van der Waals surface area (Å²) in [5, 5.41) is 15.2. The first-order valence-corrected chi connectivity index (χ1v) is 15.3. The van der Waals surface area contributed by atoms with Gasteiger partial charge in [0.2, 0.25) is 21.8 Å². The number of hydrogen-bond donors (Lipinski definition) is 5. The van der Waals surface area contributed by atoms with E-state index in [0.29, 0.717) is 61.0 Å². The minimum absolute atomic E-state index is 0.0148. The highest BCUT2D eigenvalue weighted by Gasteiger charge is 2.41. The third-order valence-corrected chi connectivity index (χ3v) is 9.29. The molecule has 0 unspecified atom stereocenters. The molecule has 12 nitrogen and oxygen atoms in total. The van der Waals surface area contributed by atoms with Crippen molar-refractivity contribution in [3.8, 4) is 0 Å². The summed E-state index contributed by atoms with van der Waals surface area (Å²) < 4.78 is 28.4. The second-order valence-electron chi connectivity index (χ2n) is 10.6. The summed E-state index contributed by atoms with van der Waals surface area (Å²) in [6.45, 7) is 5.97. The molecule has 0 bridgehead atoms. The number of aliphatic carboxylic acids is 1. The number of aryl methyl sites for hydroxylation is 3. The average molecular weight is 601 g/mol. The van der Waals surface area contributed by atoms with Gasteiger partial charge in [-0.1, -0.05) is 29.8 Å². The van der Waals surface area contributed by atoms with Crippen molar-refractivity contribution in [2.24, 2.45) is 16.5 Å². The number of anilines is 1. The topological polar surface area (TPSA) is 197 Å². The number of nitrogens with one attached hydrogen (secondary N) is 2. The zero-order valence-corrected chi connectivity index (χ0v) is 25.0. The molecule has 3 rings (SSSR count). The van der Waals surface area contributed by atoms with Crippen LogP contribution in [0.1, 0.15) is 54.4 Å². The quantitative estimate of drug-likeness (QED) is 0.131. The molecular weight excluding hydrogens is 560 g/mol. The molecule has 13 heteroatoms. The summed E-state index contributed by atoms with van der Waals surface area (Å²) >= 11 is 0. The van der Waals surface area contributed by atoms with Crippen LogP contribution in [0.25, 0.3) is 0 Å². The van der Waals surface area contributed by atoms with Crippen LogP contribution >= 0.6 is 0 Å². The molecule has 0 aromatic heterocycles. The van der Waals surface area contributed by atoms with Gasteiger partial charge in [0.05, 0.1) is 4.90 Å². The van der Waals surface area contributed by atoms with Crippen LogP contribution in [0.4, 0.5) is 5.69 Å². The third kappa shape index (κ3) is 8.52. The summed E-state index contributed by atoms with van der Waals surface area (Å²) in [6, 6.07) is 7.97. The van der Waals surface area contributed by atoms with Crippen molar-refractivity contribution in [3.63, 3.8) is 0 Å². The Labute approximate surface area is 246 Å². The van der Waals surface area contributed by atoms with Crippen LogP contribution < -0.4 is 22.1 Å². The van der Waals surface area contributed by atoms with Crippen LogP contribution in [0.15, 0.2) is 46.3 Å². The van der Waals surface area contributed by atoms with Crippen LogP contribution in [-0.4, -0.2) is 66.7 Å². The largest absolute Gasteiger partial charge is 0.480 e. The Bertz CT molecular complexity index is 1410. The number of carbonyl (C=O) groups excluding carboxylic acids is 2. The average Bonchev–Trinajstić information content (AvgIpc) is 3.39. The molecule has 2 amide bonds. The fraction of sp³-hybridized carbons (Fsp3) is 0.448. The highest BCUT2D eigenvalue weighted by atomic mass is 32.2. The summed E-state index contributed by atoms with van der Waals surface area (Å²) in [4.78, 5) is 41.5. The fourth-order valence-corrected chi connectivity index (χ4v) is 7.31. The lowest BCUT2D eigenvalue weighted by Crippen LogP contribution is -2.51. The first kappa shape index (κ1) is 32.5. The van der Waals surface area contributed by atoms with Crippen molar-refractivity contribution in [2.45, 2.75) is 76.3 Å². The zero-order valence-electron chi connectivity index (χ0n) is 24.2. The maximum Gasteiger partial charge on any atom is 0.326 e. The van der Waals surface area contributed by atoms with Gasteiger partial charge in [0.15, 0.2) is 5.96 Å². The number of nitrogens with two attached hydrogens (primary N) is 2. The summed E-state index contributed by atoms with van der Waals surface area (Å²) in [7, 11) is -3.98. The summed E-state index contributed by atoms with van der Waals surface area (Å²) in [5.41, 5.74) is 13.9. The number of benzene rings is 2. The van der Waals surface area contributed by atoms with E-state index in [2.05, 4.69) is 15.6 Å². The number of carbonyl (C=O) groups is 3. The summed E-state index contributed by atoms with van der Waals surface area (Å²) in [5.74, 6) is -2.04. The van der Waals surface area contributed by atoms with Gasteiger partial charge >= 0.3 is 5.97 Å². The number of rotatable bonds is 13. The molecule has 228 valence electrons. The van der Waals surface area contributed by atoms with E-state index in [9.17, 15) is 27.9 Å². The smallest absolute Gasteiger partial charge is 0.326 e. The SMILES string of the molecule is Cc1cc(C)c(S(=O)(=O)N2CCC[C@H]2C(=O)N[C@@H](Cc2ccc(NC(=O)CCCCN=C(N)N)cc2)C(=O)O)c(C)c1. The molecule has 2 aromatic rings. The zero-order chi connectivity index (χ0) is 31.0. The number of hydrogen-bond acceptors (Lipinski definition) is 6. The molecule has 0 aliphatic carbocycles. The van der Waals surface area contributed by atoms with E-state index in [1.807, 2.05) is 6.92 Å². The van der Waals surface area contributed by atoms with Crippen molar-refractivity contribution in [2.75, 3.05) is 18.4 Å². The molecule has 2 atom stereocenters. The van der Waals surface area contributed by atoms with Crippen LogP contribution in [0.5, 0.6) is 0 Å². The van der Waals surface area contributed by atoms with Gasteiger partial charge in [0.25, 0.3) is 0 Å². The van der Waals surface area contributed by atoms with Gasteiger partial charge in [-0.05, 0) is 75.3 Å². The number of carboxylic acids is 1. The van der Waals surface area contributed by atoms with Crippen LogP contribution in [0.3, 0.4) is 0 Å². The predicted octanol–water partition coefficient (Wildman–Crippen LogP) is 1.96. The molecule has 2 aromatic carbocycles. The standard InChI is InChI=1S/C29H40N6O6S/c1-18-15-19(2)26(20(3)16-18)42(40,41)35-14-6-7-24(35)27(37)34-23(28(38)39)17-21-9-11-22(12-10-21)33-25(36)8-4-5-13-32-29(30)31/h9-12,15-16,23-24H,4-8,13-14,17H2,1-3H3,(H,33,36)(H,34,37)(H,38,39)(H4,30,31,32)/t23-,24-/m0/s1. The molecular formula is C29H40N6O6S. The van der Waals surface area contributed by atoms with Crippen molar-refractivity contribution >= 4 is 39.5 Å². The Morgan fingerprint density at radius 2 is 1.71 bits per heavy atom. The number of guanidine groups is 1. The van der Waals surface area contributed by atoms with Gasteiger partial charge < -0.3 is 27.2 Å². The fourth-order valence-electron chi connectivity index (χ4n) is 5.24. The second-order valence-corrected chi connectivity index (χ2v) is 12.4. The number of nitrogens with zero attached hydrogens (tertiary/aromatic N) is 2. The predicted molar refractivity (Wildman–Crippen MR) is 160 cm³/mol. The van der Waals surface area contributed by atoms with Gasteiger partial charge in [-0.25, -0.2) is 13.2 Å². The highest BCUT2D eigenvalue weighted by molar-refractivity contribution is 7.89. The lowest BCUT2D eigenvalue weighted by Gasteiger charge is -2.26. The lowest BCUT2D eigenvalue weighted by molar-refractivity contribution is -0.142. The van der Waals surface area contributed by atoms with E-state index in [0.717, 1.165) is 5.56 Å². The van der Waals surface area contributed by atoms with Crippen molar-refractivity contribution in [3.05, 3.63) is 58.7 Å². The lowest BCUT2D eigenvalue weighted by atomic mass is 10.0. The Hall–Kier alpha value is -3.97. The van der Waals surface area contributed by atoms with E-state index in [-0.39, 0.29) is 29.7 Å². The van der Waals surface area contributed by atoms with Gasteiger partial charge in [0.1, 0.15) is 12.1 Å². The number of unbranched alkanes of at least 4 members (excludes halogenated alkanes) is 1. The number of aliphatic imine (C=N–C) groups is 1. The van der Waals surface area contributed by atoms with E-state index < -0.39 is 34.0 Å². The van der Waals surface area contributed by atoms with E-state index in [1.165, 1.54) is 4.31 Å². The first-order valence-electron chi connectivity index (χ1n) is 13.9. The monoisotopic (exact) mass is 600 g/mol. The third-order valence-electron chi connectivity index (χ3n) is 7.08. The van der Waals surface area contributed by atoms with Crippen LogP contribution in [0, 0.1) is 20.8 Å². The van der Waals surface area contributed by atoms with E-state index >= 15 is 0 Å². The summed E-state index contributed by atoms with van der Waals surface area (Å²) in [6.07, 6.45) is 2.35. The Kier molecular flexibility index (Phi) is 11.1. The van der Waals surface area contributed by atoms with Crippen molar-refractivity contribution in [1.29, 1.82) is 0 Å². The van der Waals surface area contributed by atoms with E-state index in [1.54, 1.807) is 50.2 Å². The Morgan fingerprint density at radius 1 is 1.07 bits per heavy atom. The number of sulfonamides is 1. The molecule has 1 fully saturated rings. The van der Waals surface area contributed by atoms with Crippen LogP contribution in [-0.2, 0) is 30.8 Å². The first-order chi connectivity index (χ1) is 19.8. The minimum atomic E-state index is -3.98. The molecule has 0 radical (unpaired) electrons. The molecule has 1 aliphatic heterocycles. The molecule has 42 heavy (non-hydrogen) atoms. The Balaban J connectivity index is 1.62. The molecule has 1 saturated heterocycles. The maximum atomic E-state index is 13.6. The molecule has 0 saturated carbocycles. The molecule has 1 aliphatic rings. The van der Waals surface area contributed by atoms with Crippen molar-refractivity contribution < 1.29 is 27.9 Å². The van der Waals surface area contributed by atoms with Crippen LogP contribution in [0.2, 0.25) is 0 Å². The van der Waals surface area contributed by atoms with Gasteiger partial charge in [-0.2, -0.15) is 4.31 Å². The van der Waals surface area contributed by atoms with Gasteiger partial charge in [0, 0.05) is 31.6 Å².